The first kappa shape index (κ1) is 15.0. The van der Waals surface area contributed by atoms with Crippen molar-refractivity contribution in [3.8, 4) is 0 Å². The Morgan fingerprint density at radius 2 is 2.14 bits per heavy atom. The van der Waals surface area contributed by atoms with Gasteiger partial charge in [-0.2, -0.15) is 5.10 Å². The number of carbonyl (C=O) groups excluding carboxylic acids is 1. The lowest BCUT2D eigenvalue weighted by atomic mass is 9.78. The summed E-state index contributed by atoms with van der Waals surface area (Å²) in [6.07, 6.45) is 4.02. The topological polar surface area (TPSA) is 77.2 Å². The van der Waals surface area contributed by atoms with E-state index in [1.54, 1.807) is 24.3 Å². The lowest BCUT2D eigenvalue weighted by Gasteiger charge is -2.35. The van der Waals surface area contributed by atoms with E-state index in [4.69, 9.17) is 16.3 Å². The molecule has 6 nitrogen and oxygen atoms in total. The van der Waals surface area contributed by atoms with Gasteiger partial charge in [0.25, 0.3) is 0 Å². The second kappa shape index (κ2) is 5.37. The molecule has 1 fully saturated rings. The summed E-state index contributed by atoms with van der Waals surface area (Å²) in [5.74, 6) is -0.412. The number of rotatable bonds is 5. The monoisotopic (exact) mass is 321 g/mol. The van der Waals surface area contributed by atoms with Crippen LogP contribution in [0.3, 0.4) is 0 Å². The molecule has 116 valence electrons. The van der Waals surface area contributed by atoms with Crippen LogP contribution in [0.25, 0.3) is 0 Å². The number of ether oxygens (including phenoxy) is 1. The Labute approximate surface area is 132 Å². The largest absolute Gasteiger partial charge is 0.468 e. The summed E-state index contributed by atoms with van der Waals surface area (Å²) < 4.78 is 6.43. The molecular formula is C15H16ClN3O3. The van der Waals surface area contributed by atoms with Gasteiger partial charge in [0.15, 0.2) is 0 Å². The third-order valence-corrected chi connectivity index (χ3v) is 4.55. The number of methoxy groups -OCH3 is 1. The molecule has 1 aromatic carbocycles. The molecule has 1 heterocycles. The Kier molecular flexibility index (Phi) is 3.66. The molecule has 1 atom stereocenters. The third kappa shape index (κ3) is 2.28. The first-order chi connectivity index (χ1) is 10.5. The van der Waals surface area contributed by atoms with Crippen molar-refractivity contribution < 1.29 is 14.6 Å². The van der Waals surface area contributed by atoms with Crippen molar-refractivity contribution in [2.75, 3.05) is 7.11 Å². The summed E-state index contributed by atoms with van der Waals surface area (Å²) in [5, 5.41) is 16.0. The van der Waals surface area contributed by atoms with Gasteiger partial charge in [0.05, 0.1) is 13.7 Å². The van der Waals surface area contributed by atoms with Gasteiger partial charge in [0.2, 0.25) is 0 Å². The zero-order chi connectivity index (χ0) is 15.8. The molecule has 1 aliphatic rings. The fourth-order valence-corrected chi connectivity index (χ4v) is 3.03. The summed E-state index contributed by atoms with van der Waals surface area (Å²) in [6, 6.07) is 6.83. The Morgan fingerprint density at radius 1 is 1.45 bits per heavy atom. The molecule has 7 heteroatoms. The molecule has 1 N–H and O–H groups in total. The highest BCUT2D eigenvalue weighted by Crippen LogP contribution is 2.59. The van der Waals surface area contributed by atoms with E-state index in [1.807, 2.05) is 0 Å². The molecule has 2 aromatic rings. The van der Waals surface area contributed by atoms with Crippen LogP contribution in [0.2, 0.25) is 5.02 Å². The van der Waals surface area contributed by atoms with Crippen LogP contribution < -0.4 is 0 Å². The number of hydrogen-bond acceptors (Lipinski definition) is 5. The number of aliphatic hydroxyl groups is 1. The smallest absolute Gasteiger partial charge is 0.315 e. The van der Waals surface area contributed by atoms with E-state index >= 15 is 0 Å². The van der Waals surface area contributed by atoms with Crippen LogP contribution in [0, 0.1) is 5.41 Å². The zero-order valence-electron chi connectivity index (χ0n) is 12.1. The second-order valence-electron chi connectivity index (χ2n) is 5.53. The highest BCUT2D eigenvalue weighted by molar-refractivity contribution is 6.30. The summed E-state index contributed by atoms with van der Waals surface area (Å²) in [5.41, 5.74) is -1.78. The highest BCUT2D eigenvalue weighted by atomic mass is 35.5. The average molecular weight is 322 g/mol. The summed E-state index contributed by atoms with van der Waals surface area (Å²) in [7, 11) is 1.33. The Balaban J connectivity index is 2.06. The van der Waals surface area contributed by atoms with Crippen LogP contribution in [0.1, 0.15) is 18.4 Å². The molecule has 1 aliphatic carbocycles. The van der Waals surface area contributed by atoms with Crippen molar-refractivity contribution in [2.24, 2.45) is 5.41 Å². The predicted octanol–water partition coefficient (Wildman–Crippen LogP) is 1.77. The van der Waals surface area contributed by atoms with Crippen molar-refractivity contribution in [3.63, 3.8) is 0 Å². The maximum atomic E-state index is 12.3. The maximum absolute atomic E-state index is 12.3. The van der Waals surface area contributed by atoms with E-state index in [9.17, 15) is 9.90 Å². The van der Waals surface area contributed by atoms with E-state index < -0.39 is 17.0 Å². The van der Waals surface area contributed by atoms with E-state index in [1.165, 1.54) is 24.4 Å². The van der Waals surface area contributed by atoms with Crippen molar-refractivity contribution >= 4 is 17.6 Å². The fourth-order valence-electron chi connectivity index (χ4n) is 2.90. The van der Waals surface area contributed by atoms with Gasteiger partial charge in [-0.1, -0.05) is 23.7 Å². The second-order valence-corrected chi connectivity index (χ2v) is 5.97. The Hall–Kier alpha value is -1.92. The van der Waals surface area contributed by atoms with Gasteiger partial charge in [0, 0.05) is 5.02 Å². The van der Waals surface area contributed by atoms with Crippen LogP contribution in [0.15, 0.2) is 36.9 Å². The Bertz CT molecular complexity index is 668. The van der Waals surface area contributed by atoms with Crippen LogP contribution in [0.5, 0.6) is 0 Å². The molecule has 0 aliphatic heterocycles. The van der Waals surface area contributed by atoms with Gasteiger partial charge in [-0.15, -0.1) is 0 Å². The van der Waals surface area contributed by atoms with Crippen molar-refractivity contribution in [1.82, 2.24) is 14.8 Å². The maximum Gasteiger partial charge on any atom is 0.315 e. The highest BCUT2D eigenvalue weighted by Gasteiger charge is 2.66. The molecule has 0 spiro atoms. The zero-order valence-corrected chi connectivity index (χ0v) is 12.8. The number of esters is 1. The standard InChI is InChI=1S/C15H16ClN3O3/c1-22-13(20)14(6-7-14)15(21,8-19-10-17-9-18-19)11-2-4-12(16)5-3-11/h2-5,9-10,21H,6-8H2,1H3. The summed E-state index contributed by atoms with van der Waals surface area (Å²) >= 11 is 5.92. The average Bonchev–Trinajstić information content (AvgIpc) is 3.20. The molecule has 22 heavy (non-hydrogen) atoms. The fraction of sp³-hybridized carbons (Fsp3) is 0.400. The van der Waals surface area contributed by atoms with E-state index in [2.05, 4.69) is 10.1 Å². The number of carbonyl (C=O) groups is 1. The Morgan fingerprint density at radius 3 is 2.64 bits per heavy atom. The quantitative estimate of drug-likeness (QED) is 0.849. The molecule has 1 aromatic heterocycles. The molecule has 1 saturated carbocycles. The number of benzene rings is 1. The summed E-state index contributed by atoms with van der Waals surface area (Å²) in [6.45, 7) is 0.115. The predicted molar refractivity (Wildman–Crippen MR) is 79.1 cm³/mol. The van der Waals surface area contributed by atoms with Crippen LogP contribution >= 0.6 is 11.6 Å². The molecule has 0 radical (unpaired) electrons. The van der Waals surface area contributed by atoms with Gasteiger partial charge < -0.3 is 9.84 Å². The normalized spacial score (nSPS) is 18.5. The van der Waals surface area contributed by atoms with Gasteiger partial charge >= 0.3 is 5.97 Å². The minimum absolute atomic E-state index is 0.115. The molecular weight excluding hydrogens is 306 g/mol. The first-order valence-corrected chi connectivity index (χ1v) is 7.29. The number of hydrogen-bond donors (Lipinski definition) is 1. The number of halogens is 1. The molecule has 0 saturated heterocycles. The summed E-state index contributed by atoms with van der Waals surface area (Å²) in [4.78, 5) is 16.1. The molecule has 1 unspecified atom stereocenters. The van der Waals surface area contributed by atoms with E-state index in [0.717, 1.165) is 0 Å². The lowest BCUT2D eigenvalue weighted by Crippen LogP contribution is -2.45. The number of nitrogens with zero attached hydrogens (tertiary/aromatic N) is 3. The minimum atomic E-state index is -1.43. The van der Waals surface area contributed by atoms with Gasteiger partial charge in [-0.3, -0.25) is 4.79 Å². The lowest BCUT2D eigenvalue weighted by molar-refractivity contribution is -0.162. The molecule has 3 rings (SSSR count). The van der Waals surface area contributed by atoms with E-state index in [-0.39, 0.29) is 6.54 Å². The van der Waals surface area contributed by atoms with Crippen LogP contribution in [-0.2, 0) is 21.7 Å². The van der Waals surface area contributed by atoms with Crippen LogP contribution in [0.4, 0.5) is 0 Å². The van der Waals surface area contributed by atoms with Crippen LogP contribution in [-0.4, -0.2) is 33.0 Å². The number of aromatic nitrogens is 3. The van der Waals surface area contributed by atoms with Gasteiger partial charge in [-0.05, 0) is 30.5 Å². The molecule has 0 amide bonds. The van der Waals surface area contributed by atoms with Gasteiger partial charge in [0.1, 0.15) is 23.7 Å². The minimum Gasteiger partial charge on any atom is -0.468 e. The van der Waals surface area contributed by atoms with E-state index in [0.29, 0.717) is 23.4 Å². The third-order valence-electron chi connectivity index (χ3n) is 4.30. The van der Waals surface area contributed by atoms with Gasteiger partial charge in [-0.25, -0.2) is 9.67 Å². The first-order valence-electron chi connectivity index (χ1n) is 6.91. The SMILES string of the molecule is COC(=O)C1(C(O)(Cn2cncn2)c2ccc(Cl)cc2)CC1. The molecule has 0 bridgehead atoms. The van der Waals surface area contributed by atoms with Crippen molar-refractivity contribution in [3.05, 3.63) is 47.5 Å². The van der Waals surface area contributed by atoms with Crippen molar-refractivity contribution in [1.29, 1.82) is 0 Å². The van der Waals surface area contributed by atoms with Crippen molar-refractivity contribution in [2.45, 2.75) is 25.0 Å².